The van der Waals surface area contributed by atoms with E-state index in [4.69, 9.17) is 4.74 Å². The number of nitrogens with one attached hydrogen (secondary N) is 1. The molecule has 0 bridgehead atoms. The minimum atomic E-state index is -4.61. The first-order valence-corrected chi connectivity index (χ1v) is 7.93. The average molecular weight is 358 g/mol. The standard InChI is InChI=1S/C17H21F3N2O3/c1-12(23)21-16(2)8-9-22(14(10-16)17(18,19)20)15(24)25-11-13-6-4-3-5-7-13/h3-7,14H,8-11H2,1-2H3,(H,21,23). The van der Waals surface area contributed by atoms with Crippen molar-refractivity contribution in [2.45, 2.75) is 51.1 Å². The molecule has 2 atom stereocenters. The number of halogens is 3. The highest BCUT2D eigenvalue weighted by Crippen LogP contribution is 2.36. The van der Waals surface area contributed by atoms with Crippen LogP contribution in [-0.2, 0) is 16.1 Å². The van der Waals surface area contributed by atoms with E-state index in [1.807, 2.05) is 0 Å². The lowest BCUT2D eigenvalue weighted by molar-refractivity contribution is -0.192. The Kier molecular flexibility index (Phi) is 5.59. The maximum Gasteiger partial charge on any atom is 0.410 e. The van der Waals surface area contributed by atoms with Crippen molar-refractivity contribution in [3.05, 3.63) is 35.9 Å². The Morgan fingerprint density at radius 2 is 1.96 bits per heavy atom. The summed E-state index contributed by atoms with van der Waals surface area (Å²) in [5, 5.41) is 2.56. The second kappa shape index (κ2) is 7.33. The molecule has 1 heterocycles. The molecule has 2 amide bonds. The van der Waals surface area contributed by atoms with Gasteiger partial charge in [-0.25, -0.2) is 4.79 Å². The van der Waals surface area contributed by atoms with Gasteiger partial charge in [0, 0.05) is 19.0 Å². The number of ether oxygens (including phenoxy) is 1. The summed E-state index contributed by atoms with van der Waals surface area (Å²) in [4.78, 5) is 24.1. The fourth-order valence-electron chi connectivity index (χ4n) is 3.01. The first kappa shape index (κ1) is 19.1. The average Bonchev–Trinajstić information content (AvgIpc) is 2.51. The number of amides is 2. The van der Waals surface area contributed by atoms with E-state index in [0.29, 0.717) is 10.5 Å². The number of carbonyl (C=O) groups excluding carboxylic acids is 2. The maximum absolute atomic E-state index is 13.4. The summed E-state index contributed by atoms with van der Waals surface area (Å²) in [7, 11) is 0. The maximum atomic E-state index is 13.4. The van der Waals surface area contributed by atoms with E-state index in [1.165, 1.54) is 6.92 Å². The van der Waals surface area contributed by atoms with Crippen molar-refractivity contribution in [1.82, 2.24) is 10.2 Å². The van der Waals surface area contributed by atoms with Crippen LogP contribution in [0.15, 0.2) is 30.3 Å². The van der Waals surface area contributed by atoms with Gasteiger partial charge in [0.25, 0.3) is 0 Å². The molecule has 2 rings (SSSR count). The largest absolute Gasteiger partial charge is 0.445 e. The SMILES string of the molecule is CC(=O)NC1(C)CCN(C(=O)OCc2ccccc2)C(C(F)(F)F)C1. The molecule has 138 valence electrons. The predicted octanol–water partition coefficient (Wildman–Crippen LogP) is 3.24. The number of alkyl halides is 3. The quantitative estimate of drug-likeness (QED) is 0.902. The van der Waals surface area contributed by atoms with E-state index in [0.717, 1.165) is 0 Å². The monoisotopic (exact) mass is 358 g/mol. The van der Waals surface area contributed by atoms with Gasteiger partial charge in [0.15, 0.2) is 0 Å². The van der Waals surface area contributed by atoms with Crippen LogP contribution in [0.25, 0.3) is 0 Å². The molecule has 1 aromatic rings. The Morgan fingerprint density at radius 3 is 2.52 bits per heavy atom. The van der Waals surface area contributed by atoms with Gasteiger partial charge in [-0.05, 0) is 25.3 Å². The molecule has 25 heavy (non-hydrogen) atoms. The fraction of sp³-hybridized carbons (Fsp3) is 0.529. The van der Waals surface area contributed by atoms with Gasteiger partial charge in [0.1, 0.15) is 12.6 Å². The molecule has 0 radical (unpaired) electrons. The first-order chi connectivity index (χ1) is 11.6. The topological polar surface area (TPSA) is 58.6 Å². The molecule has 0 saturated carbocycles. The van der Waals surface area contributed by atoms with Crippen molar-refractivity contribution in [2.75, 3.05) is 6.54 Å². The molecule has 1 aromatic carbocycles. The van der Waals surface area contributed by atoms with Crippen LogP contribution >= 0.6 is 0 Å². The molecular formula is C17H21F3N2O3. The van der Waals surface area contributed by atoms with Gasteiger partial charge >= 0.3 is 12.3 Å². The minimum Gasteiger partial charge on any atom is -0.445 e. The van der Waals surface area contributed by atoms with E-state index in [-0.39, 0.29) is 19.6 Å². The molecule has 1 aliphatic heterocycles. The molecule has 0 aliphatic carbocycles. The van der Waals surface area contributed by atoms with Crippen LogP contribution in [0.4, 0.5) is 18.0 Å². The van der Waals surface area contributed by atoms with E-state index in [1.54, 1.807) is 37.3 Å². The van der Waals surface area contributed by atoms with Crippen LogP contribution < -0.4 is 5.32 Å². The second-order valence-corrected chi connectivity index (χ2v) is 6.49. The molecule has 1 saturated heterocycles. The van der Waals surface area contributed by atoms with E-state index in [2.05, 4.69) is 5.32 Å². The first-order valence-electron chi connectivity index (χ1n) is 7.93. The van der Waals surface area contributed by atoms with Gasteiger partial charge in [0.2, 0.25) is 5.91 Å². The Bertz CT molecular complexity index is 621. The molecule has 1 fully saturated rings. The van der Waals surface area contributed by atoms with Crippen molar-refractivity contribution in [2.24, 2.45) is 0 Å². The third-order valence-corrected chi connectivity index (χ3v) is 4.22. The van der Waals surface area contributed by atoms with Gasteiger partial charge in [-0.3, -0.25) is 9.69 Å². The van der Waals surface area contributed by atoms with Gasteiger partial charge in [0.05, 0.1) is 0 Å². The second-order valence-electron chi connectivity index (χ2n) is 6.49. The van der Waals surface area contributed by atoms with Crippen LogP contribution in [0.1, 0.15) is 32.3 Å². The van der Waals surface area contributed by atoms with Crippen molar-refractivity contribution in [3.8, 4) is 0 Å². The number of piperidine rings is 1. The summed E-state index contributed by atoms with van der Waals surface area (Å²) < 4.78 is 45.3. The molecule has 1 aliphatic rings. The molecular weight excluding hydrogens is 337 g/mol. The number of benzene rings is 1. The van der Waals surface area contributed by atoms with Crippen LogP contribution in [-0.4, -0.2) is 41.2 Å². The third-order valence-electron chi connectivity index (χ3n) is 4.22. The predicted molar refractivity (Wildman–Crippen MR) is 84.6 cm³/mol. The number of hydrogen-bond donors (Lipinski definition) is 1. The van der Waals surface area contributed by atoms with E-state index in [9.17, 15) is 22.8 Å². The fourth-order valence-corrected chi connectivity index (χ4v) is 3.01. The summed E-state index contributed by atoms with van der Waals surface area (Å²) in [5.41, 5.74) is -0.318. The lowest BCUT2D eigenvalue weighted by atomic mass is 9.84. The molecule has 0 aromatic heterocycles. The highest BCUT2D eigenvalue weighted by atomic mass is 19.4. The van der Waals surface area contributed by atoms with Crippen molar-refractivity contribution in [3.63, 3.8) is 0 Å². The Labute approximate surface area is 144 Å². The summed E-state index contributed by atoms with van der Waals surface area (Å²) in [6.45, 7) is 2.58. The summed E-state index contributed by atoms with van der Waals surface area (Å²) in [6, 6.07) is 6.74. The number of carbonyl (C=O) groups is 2. The van der Waals surface area contributed by atoms with Gasteiger partial charge in [-0.2, -0.15) is 13.2 Å². The van der Waals surface area contributed by atoms with Crippen LogP contribution in [0, 0.1) is 0 Å². The number of hydrogen-bond acceptors (Lipinski definition) is 3. The Balaban J connectivity index is 2.08. The normalized spacial score (nSPS) is 23.9. The Hall–Kier alpha value is -2.25. The summed E-state index contributed by atoms with van der Waals surface area (Å²) >= 11 is 0. The van der Waals surface area contributed by atoms with Crippen LogP contribution in [0.2, 0.25) is 0 Å². The van der Waals surface area contributed by atoms with Gasteiger partial charge in [-0.1, -0.05) is 30.3 Å². The molecule has 8 heteroatoms. The van der Waals surface area contributed by atoms with Gasteiger partial charge in [-0.15, -0.1) is 0 Å². The van der Waals surface area contributed by atoms with Crippen molar-refractivity contribution >= 4 is 12.0 Å². The minimum absolute atomic E-state index is 0.0935. The summed E-state index contributed by atoms with van der Waals surface area (Å²) in [5.74, 6) is -0.400. The summed E-state index contributed by atoms with van der Waals surface area (Å²) in [6.07, 6.45) is -5.79. The molecule has 5 nitrogen and oxygen atoms in total. The Morgan fingerprint density at radius 1 is 1.32 bits per heavy atom. The van der Waals surface area contributed by atoms with Crippen molar-refractivity contribution in [1.29, 1.82) is 0 Å². The van der Waals surface area contributed by atoms with E-state index < -0.39 is 36.2 Å². The molecule has 0 spiro atoms. The highest BCUT2D eigenvalue weighted by Gasteiger charge is 2.52. The van der Waals surface area contributed by atoms with Gasteiger partial charge < -0.3 is 10.1 Å². The highest BCUT2D eigenvalue weighted by molar-refractivity contribution is 5.74. The lowest BCUT2D eigenvalue weighted by Crippen LogP contribution is -2.61. The third kappa shape index (κ3) is 5.11. The van der Waals surface area contributed by atoms with Crippen LogP contribution in [0.5, 0.6) is 0 Å². The number of nitrogens with zero attached hydrogens (tertiary/aromatic N) is 1. The van der Waals surface area contributed by atoms with Crippen molar-refractivity contribution < 1.29 is 27.5 Å². The zero-order valence-electron chi connectivity index (χ0n) is 14.1. The van der Waals surface area contributed by atoms with E-state index >= 15 is 0 Å². The molecule has 2 unspecified atom stereocenters. The number of likely N-dealkylation sites (tertiary alicyclic amines) is 1. The van der Waals surface area contributed by atoms with Crippen LogP contribution in [0.3, 0.4) is 0 Å². The number of rotatable bonds is 3. The zero-order chi connectivity index (χ0) is 18.7. The molecule has 1 N–H and O–H groups in total. The lowest BCUT2D eigenvalue weighted by Gasteiger charge is -2.45. The smallest absolute Gasteiger partial charge is 0.410 e. The zero-order valence-corrected chi connectivity index (χ0v) is 14.1.